The molecule has 1 aromatic carbocycles. The van der Waals surface area contributed by atoms with Crippen LogP contribution in [0.25, 0.3) is 0 Å². The molecule has 0 saturated carbocycles. The summed E-state index contributed by atoms with van der Waals surface area (Å²) < 4.78 is 17.9. The van der Waals surface area contributed by atoms with E-state index < -0.39 is 11.6 Å². The van der Waals surface area contributed by atoms with Gasteiger partial charge in [0.2, 0.25) is 0 Å². The molecule has 0 atom stereocenters. The Balaban J connectivity index is 3.29. The second-order valence-corrected chi connectivity index (χ2v) is 2.76. The van der Waals surface area contributed by atoms with Crippen LogP contribution < -0.4 is 4.74 Å². The van der Waals surface area contributed by atoms with E-state index in [0.29, 0.717) is 0 Å². The van der Waals surface area contributed by atoms with Crippen LogP contribution in [0.2, 0.25) is 0 Å². The van der Waals surface area contributed by atoms with Gasteiger partial charge in [-0.05, 0) is 26.0 Å². The zero-order valence-electron chi connectivity index (χ0n) is 8.00. The molecule has 0 amide bonds. The van der Waals surface area contributed by atoms with E-state index in [4.69, 9.17) is 4.74 Å². The Hall–Kier alpha value is -1.58. The number of Topliss-reactive ketones (excluding diaryl/α,β-unsaturated/α-hetero) is 1. The molecule has 0 unspecified atom stereocenters. The number of halogens is 1. The van der Waals surface area contributed by atoms with E-state index in [1.54, 1.807) is 6.92 Å². The molecule has 0 fully saturated rings. The SMILES string of the molecule is CCOc1c(C(C)=O)ccc(F)c1O. The van der Waals surface area contributed by atoms with E-state index in [1.165, 1.54) is 13.0 Å². The summed E-state index contributed by atoms with van der Waals surface area (Å²) in [5, 5.41) is 9.31. The first-order valence-electron chi connectivity index (χ1n) is 4.23. The average molecular weight is 198 g/mol. The quantitative estimate of drug-likeness (QED) is 0.757. The van der Waals surface area contributed by atoms with Crippen LogP contribution in [0, 0.1) is 5.82 Å². The van der Waals surface area contributed by atoms with Crippen LogP contribution in [0.15, 0.2) is 12.1 Å². The Kier molecular flexibility index (Phi) is 3.06. The number of ether oxygens (including phenoxy) is 1. The van der Waals surface area contributed by atoms with Crippen LogP contribution in [0.4, 0.5) is 4.39 Å². The second kappa shape index (κ2) is 4.09. The lowest BCUT2D eigenvalue weighted by Gasteiger charge is -2.09. The Bertz CT molecular complexity index is 361. The Morgan fingerprint density at radius 3 is 2.71 bits per heavy atom. The van der Waals surface area contributed by atoms with Crippen LogP contribution in [0.1, 0.15) is 24.2 Å². The van der Waals surface area contributed by atoms with Gasteiger partial charge in [-0.1, -0.05) is 0 Å². The molecule has 3 nitrogen and oxygen atoms in total. The van der Waals surface area contributed by atoms with Crippen molar-refractivity contribution in [3.8, 4) is 11.5 Å². The molecule has 0 aliphatic heterocycles. The number of hydrogen-bond donors (Lipinski definition) is 1. The standard InChI is InChI=1S/C10H11FO3/c1-3-14-10-7(6(2)12)4-5-8(11)9(10)13/h4-5,13H,3H2,1-2H3. The monoisotopic (exact) mass is 198 g/mol. The summed E-state index contributed by atoms with van der Waals surface area (Å²) in [4.78, 5) is 11.1. The maximum atomic E-state index is 12.9. The highest BCUT2D eigenvalue weighted by molar-refractivity contribution is 5.97. The predicted octanol–water partition coefficient (Wildman–Crippen LogP) is 2.13. The fourth-order valence-corrected chi connectivity index (χ4v) is 1.11. The van der Waals surface area contributed by atoms with Gasteiger partial charge in [-0.3, -0.25) is 4.79 Å². The van der Waals surface area contributed by atoms with Crippen molar-refractivity contribution in [2.24, 2.45) is 0 Å². The molecule has 4 heteroatoms. The van der Waals surface area contributed by atoms with Crippen molar-refractivity contribution in [2.45, 2.75) is 13.8 Å². The zero-order valence-corrected chi connectivity index (χ0v) is 8.00. The van der Waals surface area contributed by atoms with Gasteiger partial charge in [0.15, 0.2) is 23.1 Å². The highest BCUT2D eigenvalue weighted by atomic mass is 19.1. The lowest BCUT2D eigenvalue weighted by Crippen LogP contribution is -2.01. The number of phenols is 1. The van der Waals surface area contributed by atoms with Crippen LogP contribution >= 0.6 is 0 Å². The number of aromatic hydroxyl groups is 1. The minimum atomic E-state index is -0.793. The second-order valence-electron chi connectivity index (χ2n) is 2.76. The predicted molar refractivity (Wildman–Crippen MR) is 49.2 cm³/mol. The minimum Gasteiger partial charge on any atom is -0.502 e. The average Bonchev–Trinajstić information content (AvgIpc) is 2.13. The lowest BCUT2D eigenvalue weighted by atomic mass is 10.1. The van der Waals surface area contributed by atoms with Crippen molar-refractivity contribution in [3.05, 3.63) is 23.5 Å². The summed E-state index contributed by atoms with van der Waals surface area (Å²) in [6.45, 7) is 3.28. The number of rotatable bonds is 3. The summed E-state index contributed by atoms with van der Waals surface area (Å²) in [6.07, 6.45) is 0. The molecule has 14 heavy (non-hydrogen) atoms. The van der Waals surface area contributed by atoms with Gasteiger partial charge in [0, 0.05) is 0 Å². The Morgan fingerprint density at radius 1 is 1.57 bits per heavy atom. The maximum Gasteiger partial charge on any atom is 0.195 e. The van der Waals surface area contributed by atoms with E-state index in [0.717, 1.165) is 6.07 Å². The maximum absolute atomic E-state index is 12.9. The summed E-state index contributed by atoms with van der Waals surface area (Å²) in [5.41, 5.74) is 0.186. The largest absolute Gasteiger partial charge is 0.502 e. The van der Waals surface area contributed by atoms with Crippen LogP contribution in [0.3, 0.4) is 0 Å². The molecular weight excluding hydrogens is 187 g/mol. The highest BCUT2D eigenvalue weighted by Gasteiger charge is 2.16. The van der Waals surface area contributed by atoms with Crippen molar-refractivity contribution in [1.82, 2.24) is 0 Å². The number of carbonyl (C=O) groups is 1. The van der Waals surface area contributed by atoms with E-state index in [1.807, 2.05) is 0 Å². The fraction of sp³-hybridized carbons (Fsp3) is 0.300. The van der Waals surface area contributed by atoms with Gasteiger partial charge in [-0.25, -0.2) is 4.39 Å². The number of benzene rings is 1. The molecule has 0 aliphatic rings. The molecule has 0 spiro atoms. The minimum absolute atomic E-state index is 0.0833. The van der Waals surface area contributed by atoms with Crippen LogP contribution in [-0.4, -0.2) is 17.5 Å². The summed E-state index contributed by atoms with van der Waals surface area (Å²) in [5.74, 6) is -1.76. The number of hydrogen-bond acceptors (Lipinski definition) is 3. The molecule has 1 N–H and O–H groups in total. The van der Waals surface area contributed by atoms with Crippen molar-refractivity contribution < 1.29 is 19.0 Å². The van der Waals surface area contributed by atoms with E-state index >= 15 is 0 Å². The first-order chi connectivity index (χ1) is 6.57. The van der Waals surface area contributed by atoms with Gasteiger partial charge < -0.3 is 9.84 Å². The fourth-order valence-electron chi connectivity index (χ4n) is 1.11. The van der Waals surface area contributed by atoms with Gasteiger partial charge >= 0.3 is 0 Å². The third-order valence-corrected chi connectivity index (χ3v) is 1.75. The molecule has 0 aliphatic carbocycles. The van der Waals surface area contributed by atoms with Gasteiger partial charge in [0.1, 0.15) is 0 Å². The molecule has 0 heterocycles. The number of phenolic OH excluding ortho intramolecular Hbond substituents is 1. The lowest BCUT2D eigenvalue weighted by molar-refractivity contribution is 0.101. The van der Waals surface area contributed by atoms with Gasteiger partial charge in [-0.15, -0.1) is 0 Å². The van der Waals surface area contributed by atoms with Gasteiger partial charge in [0.05, 0.1) is 12.2 Å². The van der Waals surface area contributed by atoms with Crippen molar-refractivity contribution in [2.75, 3.05) is 6.61 Å². The summed E-state index contributed by atoms with van der Waals surface area (Å²) >= 11 is 0. The smallest absolute Gasteiger partial charge is 0.195 e. The van der Waals surface area contributed by atoms with Crippen molar-refractivity contribution >= 4 is 5.78 Å². The van der Waals surface area contributed by atoms with E-state index in [9.17, 15) is 14.3 Å². The Labute approximate surface area is 81.1 Å². The molecule has 0 saturated heterocycles. The molecule has 76 valence electrons. The summed E-state index contributed by atoms with van der Waals surface area (Å²) in [7, 11) is 0. The van der Waals surface area contributed by atoms with Crippen LogP contribution in [-0.2, 0) is 0 Å². The molecule has 1 rings (SSSR count). The number of carbonyl (C=O) groups excluding carboxylic acids is 1. The highest BCUT2D eigenvalue weighted by Crippen LogP contribution is 2.33. The topological polar surface area (TPSA) is 46.5 Å². The number of ketones is 1. The first-order valence-corrected chi connectivity index (χ1v) is 4.23. The van der Waals surface area contributed by atoms with Crippen molar-refractivity contribution in [3.63, 3.8) is 0 Å². The zero-order chi connectivity index (χ0) is 10.7. The normalized spacial score (nSPS) is 9.93. The summed E-state index contributed by atoms with van der Waals surface area (Å²) in [6, 6.07) is 2.33. The third kappa shape index (κ3) is 1.84. The van der Waals surface area contributed by atoms with E-state index in [2.05, 4.69) is 0 Å². The molecular formula is C10H11FO3. The third-order valence-electron chi connectivity index (χ3n) is 1.75. The first kappa shape index (κ1) is 10.5. The van der Waals surface area contributed by atoms with Gasteiger partial charge in [-0.2, -0.15) is 0 Å². The van der Waals surface area contributed by atoms with E-state index in [-0.39, 0.29) is 23.7 Å². The molecule has 0 radical (unpaired) electrons. The molecule has 0 bridgehead atoms. The molecule has 0 aromatic heterocycles. The van der Waals surface area contributed by atoms with Crippen LogP contribution in [0.5, 0.6) is 11.5 Å². The molecule has 1 aromatic rings. The Morgan fingerprint density at radius 2 is 2.21 bits per heavy atom. The van der Waals surface area contributed by atoms with Gasteiger partial charge in [0.25, 0.3) is 0 Å². The van der Waals surface area contributed by atoms with Crippen molar-refractivity contribution in [1.29, 1.82) is 0 Å².